The second kappa shape index (κ2) is 12.1. The molecule has 0 aromatic carbocycles. The molecule has 0 bridgehead atoms. The average Bonchev–Trinajstić information content (AvgIpc) is 3.57. The SMILES string of the molecule is Cc1ncnc(C)c1C(=O)NCCC(C)N1CCC(N2C(=O)N(C3CCCCC3)CC2c2ccsc2)CC1. The molecule has 1 N–H and O–H groups in total. The van der Waals surface area contributed by atoms with Crippen LogP contribution in [0.15, 0.2) is 23.2 Å². The average molecular weight is 539 g/mol. The Labute approximate surface area is 230 Å². The van der Waals surface area contributed by atoms with Crippen molar-refractivity contribution in [2.75, 3.05) is 26.2 Å². The minimum Gasteiger partial charge on any atom is -0.352 e. The molecule has 9 heteroatoms. The highest BCUT2D eigenvalue weighted by atomic mass is 32.1. The number of thiophene rings is 1. The summed E-state index contributed by atoms with van der Waals surface area (Å²) in [6.45, 7) is 9.35. The van der Waals surface area contributed by atoms with Crippen LogP contribution in [0.4, 0.5) is 4.79 Å². The van der Waals surface area contributed by atoms with E-state index in [1.807, 2.05) is 13.8 Å². The van der Waals surface area contributed by atoms with Crippen LogP contribution in [-0.2, 0) is 0 Å². The lowest BCUT2D eigenvalue weighted by Crippen LogP contribution is -2.50. The van der Waals surface area contributed by atoms with Crippen LogP contribution in [0.5, 0.6) is 0 Å². The molecule has 2 aromatic heterocycles. The molecule has 3 fully saturated rings. The minimum atomic E-state index is -0.0963. The topological polar surface area (TPSA) is 81.7 Å². The summed E-state index contributed by atoms with van der Waals surface area (Å²) < 4.78 is 0. The van der Waals surface area contributed by atoms with Crippen molar-refractivity contribution in [2.45, 2.75) is 96.3 Å². The first-order valence-electron chi connectivity index (χ1n) is 14.4. The number of hydrogen-bond donors (Lipinski definition) is 1. The smallest absolute Gasteiger partial charge is 0.321 e. The van der Waals surface area contributed by atoms with Crippen molar-refractivity contribution in [3.05, 3.63) is 45.7 Å². The van der Waals surface area contributed by atoms with Crippen molar-refractivity contribution in [1.82, 2.24) is 30.0 Å². The Morgan fingerprint density at radius 3 is 2.45 bits per heavy atom. The minimum absolute atomic E-state index is 0.0963. The summed E-state index contributed by atoms with van der Waals surface area (Å²) in [5.74, 6) is -0.0963. The van der Waals surface area contributed by atoms with E-state index in [0.29, 0.717) is 35.6 Å². The van der Waals surface area contributed by atoms with Gasteiger partial charge >= 0.3 is 6.03 Å². The maximum atomic E-state index is 13.8. The number of urea groups is 1. The van der Waals surface area contributed by atoms with Crippen LogP contribution in [0.3, 0.4) is 0 Å². The van der Waals surface area contributed by atoms with Gasteiger partial charge in [0.15, 0.2) is 0 Å². The van der Waals surface area contributed by atoms with E-state index in [4.69, 9.17) is 0 Å². The van der Waals surface area contributed by atoms with Crippen molar-refractivity contribution in [1.29, 1.82) is 0 Å². The molecule has 4 heterocycles. The third-order valence-corrected chi connectivity index (χ3v) is 9.63. The molecule has 3 aliphatic rings. The monoisotopic (exact) mass is 538 g/mol. The maximum absolute atomic E-state index is 13.8. The predicted octanol–water partition coefficient (Wildman–Crippen LogP) is 4.94. The second-order valence-electron chi connectivity index (χ2n) is 11.3. The largest absolute Gasteiger partial charge is 0.352 e. The van der Waals surface area contributed by atoms with Crippen LogP contribution in [0.2, 0.25) is 0 Å². The zero-order valence-electron chi connectivity index (χ0n) is 23.1. The van der Waals surface area contributed by atoms with Crippen LogP contribution in [0.25, 0.3) is 0 Å². The standard InChI is InChI=1S/C29H42N6O2S/c1-20(9-13-30-28(36)27-21(2)31-19-32-22(27)3)33-14-10-25(11-15-33)35-26(23-12-16-38-18-23)17-34(29(35)37)24-7-5-4-6-8-24/h12,16,18-20,24-26H,4-11,13-15,17H2,1-3H3,(H,30,36). The number of carbonyl (C=O) groups is 2. The number of amides is 3. The molecule has 2 atom stereocenters. The number of nitrogens with one attached hydrogen (secondary N) is 1. The lowest BCUT2D eigenvalue weighted by molar-refractivity contribution is 0.0877. The third kappa shape index (κ3) is 5.73. The Balaban J connectivity index is 1.15. The van der Waals surface area contributed by atoms with E-state index in [0.717, 1.165) is 51.7 Å². The van der Waals surface area contributed by atoms with Crippen molar-refractivity contribution in [2.24, 2.45) is 0 Å². The summed E-state index contributed by atoms with van der Waals surface area (Å²) >= 11 is 1.73. The van der Waals surface area contributed by atoms with E-state index in [-0.39, 0.29) is 24.0 Å². The van der Waals surface area contributed by atoms with Crippen LogP contribution in [0, 0.1) is 13.8 Å². The zero-order chi connectivity index (χ0) is 26.6. The lowest BCUT2D eigenvalue weighted by Gasteiger charge is -2.41. The Kier molecular flexibility index (Phi) is 8.63. The fourth-order valence-electron chi connectivity index (χ4n) is 6.67. The molecule has 38 heavy (non-hydrogen) atoms. The van der Waals surface area contributed by atoms with Gasteiger partial charge in [0.05, 0.1) is 23.0 Å². The van der Waals surface area contributed by atoms with Gasteiger partial charge in [-0.25, -0.2) is 14.8 Å². The maximum Gasteiger partial charge on any atom is 0.321 e. The molecular weight excluding hydrogens is 496 g/mol. The highest BCUT2D eigenvalue weighted by Gasteiger charge is 2.45. The fraction of sp³-hybridized carbons (Fsp3) is 0.655. The van der Waals surface area contributed by atoms with E-state index in [2.05, 4.69) is 53.7 Å². The van der Waals surface area contributed by atoms with Crippen LogP contribution < -0.4 is 5.32 Å². The molecule has 0 spiro atoms. The highest BCUT2D eigenvalue weighted by Crippen LogP contribution is 2.38. The first kappa shape index (κ1) is 27.1. The Morgan fingerprint density at radius 1 is 1.08 bits per heavy atom. The fourth-order valence-corrected chi connectivity index (χ4v) is 7.37. The van der Waals surface area contributed by atoms with Crippen LogP contribution >= 0.6 is 11.3 Å². The molecule has 8 nitrogen and oxygen atoms in total. The van der Waals surface area contributed by atoms with Gasteiger partial charge in [0.2, 0.25) is 0 Å². The number of aryl methyl sites for hydroxylation is 2. The summed E-state index contributed by atoms with van der Waals surface area (Å²) in [6, 6.07) is 3.70. The van der Waals surface area contributed by atoms with E-state index in [9.17, 15) is 9.59 Å². The van der Waals surface area contributed by atoms with E-state index < -0.39 is 0 Å². The molecule has 0 radical (unpaired) electrons. The Bertz CT molecular complexity index is 1070. The van der Waals surface area contributed by atoms with Gasteiger partial charge in [0.1, 0.15) is 6.33 Å². The van der Waals surface area contributed by atoms with E-state index in [1.165, 1.54) is 31.2 Å². The van der Waals surface area contributed by atoms with Gasteiger partial charge in [-0.2, -0.15) is 11.3 Å². The van der Waals surface area contributed by atoms with Gasteiger partial charge in [0, 0.05) is 44.3 Å². The molecular formula is C29H42N6O2S. The second-order valence-corrected chi connectivity index (χ2v) is 12.1. The highest BCUT2D eigenvalue weighted by molar-refractivity contribution is 7.08. The summed E-state index contributed by atoms with van der Waals surface area (Å²) in [4.78, 5) is 41.8. The predicted molar refractivity (Wildman–Crippen MR) is 150 cm³/mol. The van der Waals surface area contributed by atoms with Crippen molar-refractivity contribution in [3.63, 3.8) is 0 Å². The van der Waals surface area contributed by atoms with Crippen molar-refractivity contribution in [3.8, 4) is 0 Å². The zero-order valence-corrected chi connectivity index (χ0v) is 23.9. The number of carbonyl (C=O) groups excluding carboxylic acids is 2. The van der Waals surface area contributed by atoms with Crippen molar-refractivity contribution >= 4 is 23.3 Å². The van der Waals surface area contributed by atoms with Gasteiger partial charge in [-0.1, -0.05) is 19.3 Å². The first-order chi connectivity index (χ1) is 18.4. The number of likely N-dealkylation sites (tertiary alicyclic amines) is 1. The summed E-state index contributed by atoms with van der Waals surface area (Å²) in [5.41, 5.74) is 3.30. The van der Waals surface area contributed by atoms with Gasteiger partial charge < -0.3 is 20.0 Å². The van der Waals surface area contributed by atoms with Gasteiger partial charge in [-0.05, 0) is 75.3 Å². The normalized spacial score (nSPS) is 22.7. The number of nitrogens with zero attached hydrogens (tertiary/aromatic N) is 5. The number of piperidine rings is 1. The number of aromatic nitrogens is 2. The molecule has 1 saturated carbocycles. The van der Waals surface area contributed by atoms with Crippen molar-refractivity contribution < 1.29 is 9.59 Å². The van der Waals surface area contributed by atoms with E-state index in [1.54, 1.807) is 11.3 Å². The summed E-state index contributed by atoms with van der Waals surface area (Å²) in [5, 5.41) is 7.43. The molecule has 206 valence electrons. The lowest BCUT2D eigenvalue weighted by atomic mass is 9.94. The van der Waals surface area contributed by atoms with Gasteiger partial charge in [-0.3, -0.25) is 4.79 Å². The molecule has 1 aliphatic carbocycles. The number of rotatable bonds is 8. The summed E-state index contributed by atoms with van der Waals surface area (Å²) in [7, 11) is 0. The van der Waals surface area contributed by atoms with Crippen LogP contribution in [0.1, 0.15) is 91.6 Å². The van der Waals surface area contributed by atoms with Gasteiger partial charge in [0.25, 0.3) is 5.91 Å². The molecule has 2 unspecified atom stereocenters. The molecule has 2 aromatic rings. The Morgan fingerprint density at radius 2 is 1.79 bits per heavy atom. The molecule has 3 amide bonds. The quantitative estimate of drug-likeness (QED) is 0.515. The molecule has 5 rings (SSSR count). The summed E-state index contributed by atoms with van der Waals surface area (Å²) in [6.07, 6.45) is 10.5. The van der Waals surface area contributed by atoms with E-state index >= 15 is 0 Å². The van der Waals surface area contributed by atoms with Crippen LogP contribution in [-0.4, -0.2) is 80.9 Å². The first-order valence-corrected chi connectivity index (χ1v) is 15.3. The van der Waals surface area contributed by atoms with Gasteiger partial charge in [-0.15, -0.1) is 0 Å². The Hall–Kier alpha value is -2.52. The molecule has 2 aliphatic heterocycles. The molecule has 2 saturated heterocycles. The number of hydrogen-bond acceptors (Lipinski definition) is 6. The third-order valence-electron chi connectivity index (χ3n) is 8.93.